The number of anilines is 1. The minimum atomic E-state index is -0.0748. The van der Waals surface area contributed by atoms with E-state index in [1.807, 2.05) is 30.3 Å². The van der Waals surface area contributed by atoms with E-state index in [1.54, 1.807) is 12.1 Å². The second kappa shape index (κ2) is 7.11. The van der Waals surface area contributed by atoms with Crippen molar-refractivity contribution < 1.29 is 4.79 Å². The second-order valence-electron chi connectivity index (χ2n) is 4.30. The maximum atomic E-state index is 11.9. The van der Waals surface area contributed by atoms with E-state index in [1.165, 1.54) is 0 Å². The SMILES string of the molecule is O=C(CCc1cccc(Cl)c1)Nc1ccc(Br)cc1Cl. The summed E-state index contributed by atoms with van der Waals surface area (Å²) in [6.07, 6.45) is 1.02. The van der Waals surface area contributed by atoms with E-state index < -0.39 is 0 Å². The van der Waals surface area contributed by atoms with E-state index in [2.05, 4.69) is 21.2 Å². The highest BCUT2D eigenvalue weighted by atomic mass is 79.9. The van der Waals surface area contributed by atoms with Gasteiger partial charge in [0.2, 0.25) is 5.91 Å². The number of nitrogens with one attached hydrogen (secondary N) is 1. The van der Waals surface area contributed by atoms with Gasteiger partial charge in [0.05, 0.1) is 10.7 Å². The quantitative estimate of drug-likeness (QED) is 0.772. The molecular weight excluding hydrogens is 361 g/mol. The van der Waals surface area contributed by atoms with E-state index >= 15 is 0 Å². The third-order valence-corrected chi connectivity index (χ3v) is 3.78. The summed E-state index contributed by atoms with van der Waals surface area (Å²) in [5.41, 5.74) is 1.65. The molecule has 0 aliphatic rings. The molecule has 20 heavy (non-hydrogen) atoms. The number of aryl methyl sites for hydroxylation is 1. The number of hydrogen-bond donors (Lipinski definition) is 1. The topological polar surface area (TPSA) is 29.1 Å². The molecule has 0 bridgehead atoms. The van der Waals surface area contributed by atoms with Gasteiger partial charge in [-0.15, -0.1) is 0 Å². The van der Waals surface area contributed by atoms with Crippen molar-refractivity contribution in [3.05, 3.63) is 62.5 Å². The van der Waals surface area contributed by atoms with Crippen LogP contribution in [0, 0.1) is 0 Å². The molecule has 0 saturated heterocycles. The van der Waals surface area contributed by atoms with Crippen LogP contribution in [0.3, 0.4) is 0 Å². The standard InChI is InChI=1S/C15H12BrCl2NO/c16-11-5-6-14(13(18)9-11)19-15(20)7-4-10-2-1-3-12(17)8-10/h1-3,5-6,8-9H,4,7H2,(H,19,20). The first-order chi connectivity index (χ1) is 9.54. The van der Waals surface area contributed by atoms with Crippen LogP contribution in [0.5, 0.6) is 0 Å². The predicted octanol–water partition coefficient (Wildman–Crippen LogP) is 5.33. The van der Waals surface area contributed by atoms with E-state index in [0.29, 0.717) is 28.6 Å². The number of carbonyl (C=O) groups excluding carboxylic acids is 1. The highest BCUT2D eigenvalue weighted by Gasteiger charge is 2.07. The Balaban J connectivity index is 1.92. The van der Waals surface area contributed by atoms with Crippen molar-refractivity contribution >= 4 is 50.7 Å². The monoisotopic (exact) mass is 371 g/mol. The number of amides is 1. The second-order valence-corrected chi connectivity index (χ2v) is 6.06. The van der Waals surface area contributed by atoms with Gasteiger partial charge in [-0.1, -0.05) is 51.3 Å². The molecule has 2 aromatic carbocycles. The Morgan fingerprint density at radius 3 is 2.65 bits per heavy atom. The molecule has 0 radical (unpaired) electrons. The minimum absolute atomic E-state index is 0.0748. The molecule has 2 nitrogen and oxygen atoms in total. The first-order valence-corrected chi connectivity index (χ1v) is 7.59. The van der Waals surface area contributed by atoms with Gasteiger partial charge in [0.15, 0.2) is 0 Å². The van der Waals surface area contributed by atoms with E-state index in [9.17, 15) is 4.79 Å². The van der Waals surface area contributed by atoms with Crippen molar-refractivity contribution in [3.63, 3.8) is 0 Å². The van der Waals surface area contributed by atoms with Crippen LogP contribution in [0.25, 0.3) is 0 Å². The molecule has 0 aromatic heterocycles. The zero-order chi connectivity index (χ0) is 14.5. The lowest BCUT2D eigenvalue weighted by molar-refractivity contribution is -0.116. The molecule has 104 valence electrons. The zero-order valence-electron chi connectivity index (χ0n) is 10.5. The molecule has 1 amide bonds. The summed E-state index contributed by atoms with van der Waals surface area (Å²) in [6, 6.07) is 12.8. The van der Waals surface area contributed by atoms with Crippen LogP contribution in [0.2, 0.25) is 10.0 Å². The molecule has 1 N–H and O–H groups in total. The third kappa shape index (κ3) is 4.51. The molecule has 0 unspecified atom stereocenters. The predicted molar refractivity (Wildman–Crippen MR) is 87.6 cm³/mol. The molecular formula is C15H12BrCl2NO. The van der Waals surface area contributed by atoms with Crippen LogP contribution in [-0.2, 0) is 11.2 Å². The average molecular weight is 373 g/mol. The molecule has 0 spiro atoms. The molecule has 0 aliphatic carbocycles. The van der Waals surface area contributed by atoms with Crippen molar-refractivity contribution in [3.8, 4) is 0 Å². The normalized spacial score (nSPS) is 10.3. The number of benzene rings is 2. The molecule has 2 aromatic rings. The van der Waals surface area contributed by atoms with Gasteiger partial charge < -0.3 is 5.32 Å². The molecule has 0 aliphatic heterocycles. The highest BCUT2D eigenvalue weighted by Crippen LogP contribution is 2.25. The van der Waals surface area contributed by atoms with Crippen molar-refractivity contribution in [2.75, 3.05) is 5.32 Å². The van der Waals surface area contributed by atoms with E-state index in [-0.39, 0.29) is 5.91 Å². The smallest absolute Gasteiger partial charge is 0.224 e. The number of carbonyl (C=O) groups is 1. The minimum Gasteiger partial charge on any atom is -0.325 e. The molecule has 5 heteroatoms. The summed E-state index contributed by atoms with van der Waals surface area (Å²) < 4.78 is 0.874. The van der Waals surface area contributed by atoms with Crippen molar-refractivity contribution in [1.82, 2.24) is 0 Å². The summed E-state index contributed by atoms with van der Waals surface area (Å²) in [5.74, 6) is -0.0748. The molecule has 0 saturated carbocycles. The van der Waals surface area contributed by atoms with Crippen LogP contribution in [0.4, 0.5) is 5.69 Å². The van der Waals surface area contributed by atoms with Crippen LogP contribution < -0.4 is 5.32 Å². The molecule has 0 heterocycles. The van der Waals surface area contributed by atoms with Gasteiger partial charge in [0.25, 0.3) is 0 Å². The molecule has 2 rings (SSSR count). The summed E-state index contributed by atoms with van der Waals surface area (Å²) in [7, 11) is 0. The lowest BCUT2D eigenvalue weighted by Crippen LogP contribution is -2.12. The number of rotatable bonds is 4. The van der Waals surface area contributed by atoms with E-state index in [0.717, 1.165) is 10.0 Å². The highest BCUT2D eigenvalue weighted by molar-refractivity contribution is 9.10. The van der Waals surface area contributed by atoms with Gasteiger partial charge in [0.1, 0.15) is 0 Å². The van der Waals surface area contributed by atoms with Gasteiger partial charge in [-0.2, -0.15) is 0 Å². The van der Waals surface area contributed by atoms with Gasteiger partial charge in [-0.25, -0.2) is 0 Å². The largest absolute Gasteiger partial charge is 0.325 e. The van der Waals surface area contributed by atoms with Gasteiger partial charge >= 0.3 is 0 Å². The van der Waals surface area contributed by atoms with Gasteiger partial charge in [-0.3, -0.25) is 4.79 Å². The van der Waals surface area contributed by atoms with Gasteiger partial charge in [-0.05, 0) is 42.3 Å². The van der Waals surface area contributed by atoms with Crippen LogP contribution in [0.1, 0.15) is 12.0 Å². The Labute approximate surface area is 136 Å². The lowest BCUT2D eigenvalue weighted by Gasteiger charge is -2.07. The Morgan fingerprint density at radius 1 is 1.15 bits per heavy atom. The fourth-order valence-electron chi connectivity index (χ4n) is 1.75. The van der Waals surface area contributed by atoms with Crippen molar-refractivity contribution in [1.29, 1.82) is 0 Å². The molecule has 0 fully saturated rings. The maximum absolute atomic E-state index is 11.9. The Morgan fingerprint density at radius 2 is 1.95 bits per heavy atom. The van der Waals surface area contributed by atoms with Crippen LogP contribution >= 0.6 is 39.1 Å². The van der Waals surface area contributed by atoms with Crippen molar-refractivity contribution in [2.24, 2.45) is 0 Å². The first kappa shape index (κ1) is 15.4. The van der Waals surface area contributed by atoms with Crippen LogP contribution in [-0.4, -0.2) is 5.91 Å². The maximum Gasteiger partial charge on any atom is 0.224 e. The fourth-order valence-corrected chi connectivity index (χ4v) is 2.69. The summed E-state index contributed by atoms with van der Waals surface area (Å²) >= 11 is 15.3. The Hall–Kier alpha value is -1.03. The number of hydrogen-bond acceptors (Lipinski definition) is 1. The Kier molecular flexibility index (Phi) is 5.46. The lowest BCUT2D eigenvalue weighted by atomic mass is 10.1. The summed E-state index contributed by atoms with van der Waals surface area (Å²) in [4.78, 5) is 11.9. The van der Waals surface area contributed by atoms with Crippen LogP contribution in [0.15, 0.2) is 46.9 Å². The van der Waals surface area contributed by atoms with E-state index in [4.69, 9.17) is 23.2 Å². The average Bonchev–Trinajstić information content (AvgIpc) is 2.40. The summed E-state index contributed by atoms with van der Waals surface area (Å²) in [6.45, 7) is 0. The van der Waals surface area contributed by atoms with Crippen molar-refractivity contribution in [2.45, 2.75) is 12.8 Å². The number of halogens is 3. The molecule has 0 atom stereocenters. The first-order valence-electron chi connectivity index (χ1n) is 6.04. The Bertz CT molecular complexity index is 631. The summed E-state index contributed by atoms with van der Waals surface area (Å²) in [5, 5.41) is 3.99. The van der Waals surface area contributed by atoms with Gasteiger partial charge in [0, 0.05) is 15.9 Å². The fraction of sp³-hybridized carbons (Fsp3) is 0.133. The third-order valence-electron chi connectivity index (χ3n) is 2.73. The zero-order valence-corrected chi connectivity index (χ0v) is 13.6.